The van der Waals surface area contributed by atoms with E-state index in [0.29, 0.717) is 0 Å². The first-order chi connectivity index (χ1) is 10.3. The van der Waals surface area contributed by atoms with Gasteiger partial charge in [0.2, 0.25) is 0 Å². The van der Waals surface area contributed by atoms with E-state index in [9.17, 15) is 4.79 Å². The summed E-state index contributed by atoms with van der Waals surface area (Å²) < 4.78 is 5.81. The lowest BCUT2D eigenvalue weighted by molar-refractivity contribution is 0.0655. The highest BCUT2D eigenvalue weighted by atomic mass is 32.2. The number of benzene rings is 1. The molecule has 1 saturated heterocycles. The molecule has 0 bridgehead atoms. The van der Waals surface area contributed by atoms with Crippen LogP contribution in [0.3, 0.4) is 0 Å². The van der Waals surface area contributed by atoms with Crippen molar-refractivity contribution in [3.63, 3.8) is 0 Å². The predicted molar refractivity (Wildman–Crippen MR) is 85.6 cm³/mol. The maximum atomic E-state index is 11.8. The number of alkyl carbamates (subject to hydrolysis) is 1. The minimum Gasteiger partial charge on any atom is -0.445 e. The van der Waals surface area contributed by atoms with Crippen molar-refractivity contribution in [1.29, 1.82) is 0 Å². The van der Waals surface area contributed by atoms with Crippen LogP contribution in [0.4, 0.5) is 4.79 Å². The van der Waals surface area contributed by atoms with Crippen molar-refractivity contribution < 1.29 is 9.53 Å². The van der Waals surface area contributed by atoms with Crippen LogP contribution in [0.25, 0.3) is 0 Å². The van der Waals surface area contributed by atoms with Crippen LogP contribution in [-0.2, 0) is 4.74 Å². The normalized spacial score (nSPS) is 25.5. The number of hydrogen-bond donors (Lipinski definition) is 1. The fraction of sp³-hybridized carbons (Fsp3) is 0.588. The molecule has 2 aliphatic rings. The maximum absolute atomic E-state index is 11.8. The summed E-state index contributed by atoms with van der Waals surface area (Å²) in [5.41, 5.74) is 0. The lowest BCUT2D eigenvalue weighted by atomic mass is 9.82. The molecule has 1 aromatic carbocycles. The van der Waals surface area contributed by atoms with Gasteiger partial charge in [0, 0.05) is 11.4 Å². The van der Waals surface area contributed by atoms with Crippen LogP contribution in [0.15, 0.2) is 35.2 Å². The van der Waals surface area contributed by atoms with Crippen molar-refractivity contribution in [3.8, 4) is 0 Å². The summed E-state index contributed by atoms with van der Waals surface area (Å²) in [6.45, 7) is 0.738. The Labute approximate surface area is 130 Å². The van der Waals surface area contributed by atoms with Crippen molar-refractivity contribution in [3.05, 3.63) is 30.3 Å². The topological polar surface area (TPSA) is 38.3 Å². The second kappa shape index (κ2) is 6.73. The van der Waals surface area contributed by atoms with Crippen molar-refractivity contribution >= 4 is 17.9 Å². The largest absolute Gasteiger partial charge is 0.445 e. The van der Waals surface area contributed by atoms with Crippen molar-refractivity contribution in [2.75, 3.05) is 6.54 Å². The number of thioether (sulfide) groups is 1. The van der Waals surface area contributed by atoms with Gasteiger partial charge in [-0.15, -0.1) is 11.8 Å². The molecule has 1 aliphatic carbocycles. The zero-order valence-corrected chi connectivity index (χ0v) is 13.2. The van der Waals surface area contributed by atoms with Crippen LogP contribution in [0.5, 0.6) is 0 Å². The molecule has 0 spiro atoms. The zero-order chi connectivity index (χ0) is 14.5. The summed E-state index contributed by atoms with van der Waals surface area (Å²) >= 11 is 1.92. The molecule has 1 amide bonds. The molecule has 3 nitrogen and oxygen atoms in total. The number of ether oxygens (including phenoxy) is 1. The number of carbonyl (C=O) groups is 1. The summed E-state index contributed by atoms with van der Waals surface area (Å²) in [5.74, 6) is 0. The number of rotatable bonds is 3. The summed E-state index contributed by atoms with van der Waals surface area (Å²) in [6.07, 6.45) is 7.83. The van der Waals surface area contributed by atoms with E-state index in [0.717, 1.165) is 32.2 Å². The van der Waals surface area contributed by atoms with Gasteiger partial charge in [-0.1, -0.05) is 37.5 Å². The predicted octanol–water partition coefficient (Wildman–Crippen LogP) is 4.37. The highest BCUT2D eigenvalue weighted by Crippen LogP contribution is 2.48. The van der Waals surface area contributed by atoms with E-state index in [1.54, 1.807) is 0 Å². The molecule has 2 fully saturated rings. The Hall–Kier alpha value is -1.16. The van der Waals surface area contributed by atoms with Crippen molar-refractivity contribution in [1.82, 2.24) is 5.32 Å². The first-order valence-corrected chi connectivity index (χ1v) is 8.79. The fourth-order valence-electron chi connectivity index (χ4n) is 3.44. The van der Waals surface area contributed by atoms with Gasteiger partial charge in [-0.3, -0.25) is 0 Å². The Kier molecular flexibility index (Phi) is 4.73. The number of hydrogen-bond acceptors (Lipinski definition) is 3. The summed E-state index contributed by atoms with van der Waals surface area (Å²) in [7, 11) is 0. The summed E-state index contributed by atoms with van der Waals surface area (Å²) in [4.78, 5) is 13.1. The second-order valence-electron chi connectivity index (χ2n) is 6.00. The lowest BCUT2D eigenvalue weighted by Crippen LogP contribution is -2.43. The van der Waals surface area contributed by atoms with Crippen LogP contribution >= 0.6 is 11.8 Å². The van der Waals surface area contributed by atoms with E-state index in [1.165, 1.54) is 24.2 Å². The van der Waals surface area contributed by atoms with Crippen LogP contribution in [0.2, 0.25) is 0 Å². The Morgan fingerprint density at radius 2 is 1.86 bits per heavy atom. The molecule has 4 heteroatoms. The third-order valence-electron chi connectivity index (χ3n) is 4.51. The van der Waals surface area contributed by atoms with Gasteiger partial charge in [0.1, 0.15) is 6.10 Å². The Morgan fingerprint density at radius 3 is 2.62 bits per heavy atom. The zero-order valence-electron chi connectivity index (χ0n) is 12.3. The van der Waals surface area contributed by atoms with Crippen LogP contribution in [0, 0.1) is 0 Å². The molecule has 0 aromatic heterocycles. The van der Waals surface area contributed by atoms with Crippen LogP contribution in [-0.4, -0.2) is 23.5 Å². The summed E-state index contributed by atoms with van der Waals surface area (Å²) in [6, 6.07) is 10.5. The van der Waals surface area contributed by atoms with E-state index in [1.807, 2.05) is 17.8 Å². The summed E-state index contributed by atoms with van der Waals surface area (Å²) in [5, 5.41) is 2.82. The average molecular weight is 305 g/mol. The van der Waals surface area contributed by atoms with Gasteiger partial charge in [0.25, 0.3) is 0 Å². The van der Waals surface area contributed by atoms with Gasteiger partial charge >= 0.3 is 6.09 Å². The minimum atomic E-state index is -0.240. The van der Waals surface area contributed by atoms with Crippen molar-refractivity contribution in [2.45, 2.75) is 60.7 Å². The molecule has 1 heterocycles. The maximum Gasteiger partial charge on any atom is 0.407 e. The monoisotopic (exact) mass is 305 g/mol. The van der Waals surface area contributed by atoms with Gasteiger partial charge in [-0.2, -0.15) is 0 Å². The van der Waals surface area contributed by atoms with Crippen LogP contribution in [0.1, 0.15) is 44.9 Å². The Morgan fingerprint density at radius 1 is 1.10 bits per heavy atom. The molecular formula is C17H23NO2S. The van der Waals surface area contributed by atoms with Gasteiger partial charge in [0.05, 0.1) is 4.75 Å². The minimum absolute atomic E-state index is 0.0329. The second-order valence-corrected chi connectivity index (χ2v) is 7.49. The quantitative estimate of drug-likeness (QED) is 0.901. The molecule has 1 N–H and O–H groups in total. The number of carbonyl (C=O) groups excluding carboxylic acids is 1. The SMILES string of the molecule is O=C1NCCCC(C2(Sc3ccccc3)CCCCC2)O1. The molecular weight excluding hydrogens is 282 g/mol. The molecule has 3 rings (SSSR count). The Bertz CT molecular complexity index is 471. The standard InChI is InChI=1S/C17H23NO2S/c19-16-18-13-7-10-15(20-16)17(11-5-2-6-12-17)21-14-8-3-1-4-9-14/h1,3-4,8-9,15H,2,5-7,10-13H2,(H,18,19). The highest BCUT2D eigenvalue weighted by Gasteiger charge is 2.43. The van der Waals surface area contributed by atoms with Gasteiger partial charge < -0.3 is 10.1 Å². The molecule has 0 radical (unpaired) electrons. The smallest absolute Gasteiger partial charge is 0.407 e. The molecule has 1 aliphatic heterocycles. The number of nitrogens with one attached hydrogen (secondary N) is 1. The molecule has 1 unspecified atom stereocenters. The molecule has 1 atom stereocenters. The first kappa shape index (κ1) is 14.8. The third-order valence-corrected chi connectivity index (χ3v) is 6.10. The molecule has 1 aromatic rings. The fourth-order valence-corrected chi connectivity index (χ4v) is 4.99. The van der Waals surface area contributed by atoms with E-state index in [2.05, 4.69) is 29.6 Å². The van der Waals surface area contributed by atoms with Crippen molar-refractivity contribution in [2.24, 2.45) is 0 Å². The van der Waals surface area contributed by atoms with Crippen LogP contribution < -0.4 is 5.32 Å². The molecule has 21 heavy (non-hydrogen) atoms. The number of amides is 1. The van der Waals surface area contributed by atoms with Gasteiger partial charge in [-0.05, 0) is 37.8 Å². The Balaban J connectivity index is 1.83. The average Bonchev–Trinajstić information content (AvgIpc) is 2.74. The highest BCUT2D eigenvalue weighted by molar-refractivity contribution is 8.00. The molecule has 1 saturated carbocycles. The third kappa shape index (κ3) is 3.54. The molecule has 114 valence electrons. The first-order valence-electron chi connectivity index (χ1n) is 7.97. The lowest BCUT2D eigenvalue weighted by Gasteiger charge is -2.41. The number of cyclic esters (lactones) is 1. The van der Waals surface area contributed by atoms with E-state index in [4.69, 9.17) is 4.74 Å². The van der Waals surface area contributed by atoms with Gasteiger partial charge in [-0.25, -0.2) is 4.79 Å². The van der Waals surface area contributed by atoms with E-state index >= 15 is 0 Å². The van der Waals surface area contributed by atoms with Gasteiger partial charge in [0.15, 0.2) is 0 Å². The van der Waals surface area contributed by atoms with E-state index < -0.39 is 0 Å². The van der Waals surface area contributed by atoms with E-state index in [-0.39, 0.29) is 16.9 Å².